The average molecular weight is 428 g/mol. The van der Waals surface area contributed by atoms with Crippen molar-refractivity contribution in [2.24, 2.45) is 0 Å². The molecule has 1 N–H and O–H groups in total. The van der Waals surface area contributed by atoms with Crippen LogP contribution in [0.2, 0.25) is 10.0 Å². The average Bonchev–Trinajstić information content (AvgIpc) is 2.96. The molecule has 0 amide bonds. The van der Waals surface area contributed by atoms with Crippen molar-refractivity contribution >= 4 is 34.6 Å². The lowest BCUT2D eigenvalue weighted by Gasteiger charge is -2.39. The Morgan fingerprint density at radius 1 is 1.07 bits per heavy atom. The topological polar surface area (TPSA) is 38.3 Å². The molecule has 0 atom stereocenters. The van der Waals surface area contributed by atoms with E-state index in [1.165, 1.54) is 12.1 Å². The van der Waals surface area contributed by atoms with Gasteiger partial charge in [0.25, 0.3) is 0 Å². The van der Waals surface area contributed by atoms with Gasteiger partial charge in [0, 0.05) is 28.7 Å². The highest BCUT2D eigenvalue weighted by Gasteiger charge is 2.45. The molecule has 28 heavy (non-hydrogen) atoms. The minimum Gasteiger partial charge on any atom is -0.363 e. The number of fused-ring (bicyclic) bond motifs is 2. The van der Waals surface area contributed by atoms with E-state index >= 15 is 0 Å². The molecule has 3 nitrogen and oxygen atoms in total. The van der Waals surface area contributed by atoms with Gasteiger partial charge >= 0.3 is 6.18 Å². The van der Waals surface area contributed by atoms with Gasteiger partial charge in [-0.2, -0.15) is 13.2 Å². The smallest absolute Gasteiger partial charge is 0.363 e. The first kappa shape index (κ1) is 19.5. The summed E-state index contributed by atoms with van der Waals surface area (Å²) in [6.45, 7) is 1.69. The van der Waals surface area contributed by atoms with Crippen molar-refractivity contribution in [1.82, 2.24) is 5.32 Å². The van der Waals surface area contributed by atoms with Gasteiger partial charge in [-0.1, -0.05) is 35.3 Å². The second-order valence-corrected chi connectivity index (χ2v) is 7.71. The van der Waals surface area contributed by atoms with Crippen molar-refractivity contribution in [1.29, 1.82) is 0 Å². The molecule has 0 saturated carbocycles. The number of carbonyl (C=O) groups is 1. The predicted octanol–water partition coefficient (Wildman–Crippen LogP) is 5.15. The highest BCUT2D eigenvalue weighted by molar-refractivity contribution is 6.35. The maximum Gasteiger partial charge on any atom is 0.417 e. The number of hydrogen-bond acceptors (Lipinski definition) is 3. The van der Waals surface area contributed by atoms with E-state index in [0.29, 0.717) is 25.8 Å². The van der Waals surface area contributed by atoms with Gasteiger partial charge in [-0.15, -0.1) is 0 Å². The summed E-state index contributed by atoms with van der Waals surface area (Å²) in [4.78, 5) is 12.6. The fourth-order valence-corrected chi connectivity index (χ4v) is 4.03. The van der Waals surface area contributed by atoms with Gasteiger partial charge in [0.2, 0.25) is 0 Å². The summed E-state index contributed by atoms with van der Waals surface area (Å²) in [7, 11) is 0. The van der Waals surface area contributed by atoms with Crippen LogP contribution in [0.1, 0.15) is 27.0 Å². The second kappa shape index (κ2) is 6.88. The summed E-state index contributed by atoms with van der Waals surface area (Å²) in [5.41, 5.74) is 0.230. The van der Waals surface area contributed by atoms with Crippen LogP contribution in [0.15, 0.2) is 42.5 Å². The Balaban J connectivity index is 1.70. The molecule has 2 aliphatic rings. The molecule has 146 valence electrons. The Bertz CT molecular complexity index is 977. The number of alkyl halides is 3. The molecule has 2 aromatic rings. The Kier molecular flexibility index (Phi) is 4.78. The van der Waals surface area contributed by atoms with Crippen LogP contribution in [-0.2, 0) is 16.9 Å². The minimum atomic E-state index is -4.74. The summed E-state index contributed by atoms with van der Waals surface area (Å²) < 4.78 is 46.6. The monoisotopic (exact) mass is 427 g/mol. The molecular weight excluding hydrogens is 414 g/mol. The third-order valence-electron chi connectivity index (χ3n) is 4.96. The number of hydrogen-bond donors (Lipinski definition) is 1. The molecule has 2 aliphatic heterocycles. The Morgan fingerprint density at radius 3 is 2.32 bits per heavy atom. The number of allylic oxidation sites excluding steroid dienone is 2. The van der Waals surface area contributed by atoms with Crippen LogP contribution in [0.4, 0.5) is 13.2 Å². The molecule has 1 saturated heterocycles. The van der Waals surface area contributed by atoms with Crippen molar-refractivity contribution in [2.75, 3.05) is 13.1 Å². The molecule has 0 bridgehead atoms. The zero-order chi connectivity index (χ0) is 20.1. The molecular formula is C20H14Cl2F3NO2. The van der Waals surface area contributed by atoms with E-state index in [4.69, 9.17) is 27.9 Å². The van der Waals surface area contributed by atoms with Crippen LogP contribution in [0.3, 0.4) is 0 Å². The van der Waals surface area contributed by atoms with Gasteiger partial charge in [-0.05, 0) is 47.0 Å². The van der Waals surface area contributed by atoms with Crippen molar-refractivity contribution in [3.05, 3.63) is 74.8 Å². The number of halogens is 5. The fourth-order valence-electron chi connectivity index (χ4n) is 3.50. The molecule has 0 unspecified atom stereocenters. The lowest BCUT2D eigenvalue weighted by molar-refractivity contribution is -0.0746. The molecule has 1 fully saturated rings. The molecule has 0 radical (unpaired) electrons. The summed E-state index contributed by atoms with van der Waals surface area (Å²) in [6, 6.07) is 8.47. The molecule has 4 rings (SSSR count). The largest absolute Gasteiger partial charge is 0.417 e. The number of carbonyl (C=O) groups excluding carboxylic acids is 1. The van der Waals surface area contributed by atoms with Gasteiger partial charge < -0.3 is 10.1 Å². The van der Waals surface area contributed by atoms with Gasteiger partial charge in [0.1, 0.15) is 5.60 Å². The SMILES string of the molecule is O=C(C=C(c1cc(Cl)cc(Cl)c1)C(F)(F)F)c1ccc2c(c1)COC21CNC1. The van der Waals surface area contributed by atoms with Crippen LogP contribution in [0.25, 0.3) is 5.57 Å². The third kappa shape index (κ3) is 3.46. The highest BCUT2D eigenvalue weighted by Crippen LogP contribution is 2.40. The van der Waals surface area contributed by atoms with Gasteiger partial charge in [-0.3, -0.25) is 4.79 Å². The van der Waals surface area contributed by atoms with E-state index in [0.717, 1.165) is 23.3 Å². The molecule has 0 aliphatic carbocycles. The normalized spacial score (nSPS) is 18.1. The van der Waals surface area contributed by atoms with Crippen LogP contribution in [0, 0.1) is 0 Å². The lowest BCUT2D eigenvalue weighted by Crippen LogP contribution is -2.56. The van der Waals surface area contributed by atoms with Crippen molar-refractivity contribution in [3.63, 3.8) is 0 Å². The van der Waals surface area contributed by atoms with Crippen LogP contribution >= 0.6 is 23.2 Å². The van der Waals surface area contributed by atoms with Crippen molar-refractivity contribution < 1.29 is 22.7 Å². The standard InChI is InChI=1S/C20H14Cl2F3NO2/c21-14-4-12(5-15(22)6-14)17(20(23,24)25)7-18(27)11-1-2-16-13(3-11)8-28-19(16)9-26-10-19/h1-7,26H,8-10H2. The summed E-state index contributed by atoms with van der Waals surface area (Å²) in [6.07, 6.45) is -4.16. The Morgan fingerprint density at radius 2 is 1.75 bits per heavy atom. The first-order valence-corrected chi connectivity index (χ1v) is 9.21. The maximum atomic E-state index is 13.6. The number of benzene rings is 2. The molecule has 0 aromatic heterocycles. The van der Waals surface area contributed by atoms with E-state index < -0.39 is 17.5 Å². The van der Waals surface area contributed by atoms with E-state index in [1.54, 1.807) is 12.1 Å². The number of ketones is 1. The first-order valence-electron chi connectivity index (χ1n) is 8.46. The van der Waals surface area contributed by atoms with E-state index in [2.05, 4.69) is 5.32 Å². The van der Waals surface area contributed by atoms with Gasteiger partial charge in [0.15, 0.2) is 5.78 Å². The van der Waals surface area contributed by atoms with E-state index in [9.17, 15) is 18.0 Å². The lowest BCUT2D eigenvalue weighted by atomic mass is 9.86. The predicted molar refractivity (Wildman–Crippen MR) is 101 cm³/mol. The highest BCUT2D eigenvalue weighted by atomic mass is 35.5. The van der Waals surface area contributed by atoms with E-state index in [1.807, 2.05) is 0 Å². The first-order chi connectivity index (χ1) is 13.2. The number of rotatable bonds is 3. The number of nitrogens with one attached hydrogen (secondary N) is 1. The molecule has 1 spiro atoms. The fraction of sp³-hybridized carbons (Fsp3) is 0.250. The molecule has 2 heterocycles. The Labute approximate surface area is 169 Å². The van der Waals surface area contributed by atoms with Crippen LogP contribution < -0.4 is 5.32 Å². The van der Waals surface area contributed by atoms with Crippen molar-refractivity contribution in [3.8, 4) is 0 Å². The third-order valence-corrected chi connectivity index (χ3v) is 5.40. The van der Waals surface area contributed by atoms with Crippen LogP contribution in [0.5, 0.6) is 0 Å². The van der Waals surface area contributed by atoms with Gasteiger partial charge in [-0.25, -0.2) is 0 Å². The summed E-state index contributed by atoms with van der Waals surface area (Å²) >= 11 is 11.6. The minimum absolute atomic E-state index is 0.0548. The van der Waals surface area contributed by atoms with Gasteiger partial charge in [0.05, 0.1) is 12.2 Å². The Hall–Kier alpha value is -1.86. The summed E-state index contributed by atoms with van der Waals surface area (Å²) in [5.74, 6) is -0.751. The number of ether oxygens (including phenoxy) is 1. The van der Waals surface area contributed by atoms with Crippen LogP contribution in [-0.4, -0.2) is 25.0 Å². The molecule has 2 aromatic carbocycles. The zero-order valence-corrected chi connectivity index (χ0v) is 15.9. The van der Waals surface area contributed by atoms with Crippen molar-refractivity contribution in [2.45, 2.75) is 18.4 Å². The quantitative estimate of drug-likeness (QED) is 0.543. The summed E-state index contributed by atoms with van der Waals surface area (Å²) in [5, 5.41) is 3.25. The second-order valence-electron chi connectivity index (χ2n) is 6.84. The van der Waals surface area contributed by atoms with E-state index in [-0.39, 0.29) is 26.8 Å². The maximum absolute atomic E-state index is 13.6. The zero-order valence-electron chi connectivity index (χ0n) is 14.4. The molecule has 8 heteroatoms.